The topological polar surface area (TPSA) is 54.6 Å². The Kier molecular flexibility index (Phi) is 4.24. The molecular formula is C19H18N2O2. The second-order valence-electron chi connectivity index (χ2n) is 5.53. The number of anilines is 1. The van der Waals surface area contributed by atoms with Gasteiger partial charge in [0.15, 0.2) is 0 Å². The molecule has 0 spiro atoms. The first-order valence-corrected chi connectivity index (χ1v) is 7.49. The average Bonchev–Trinajstić information content (AvgIpc) is 3.14. The van der Waals surface area contributed by atoms with Gasteiger partial charge >= 0.3 is 0 Å². The fraction of sp³-hybridized carbons (Fsp3) is 0.158. The Labute approximate surface area is 135 Å². The van der Waals surface area contributed by atoms with E-state index in [2.05, 4.69) is 36.3 Å². The summed E-state index contributed by atoms with van der Waals surface area (Å²) < 4.78 is 5.20. The quantitative estimate of drug-likeness (QED) is 0.861. The van der Waals surface area contributed by atoms with Crippen LogP contribution >= 0.6 is 0 Å². The minimum absolute atomic E-state index is 0.194. The Hall–Kier alpha value is -2.88. The third-order valence-corrected chi connectivity index (χ3v) is 3.77. The number of benzene rings is 1. The monoisotopic (exact) mass is 306 g/mol. The van der Waals surface area contributed by atoms with Crippen LogP contribution in [0.4, 0.5) is 5.69 Å². The Morgan fingerprint density at radius 1 is 1.22 bits per heavy atom. The third-order valence-electron chi connectivity index (χ3n) is 3.77. The highest BCUT2D eigenvalue weighted by Crippen LogP contribution is 2.19. The van der Waals surface area contributed by atoms with Crippen molar-refractivity contribution in [1.82, 2.24) is 0 Å². The molecule has 0 fully saturated rings. The van der Waals surface area contributed by atoms with Gasteiger partial charge in [-0.3, -0.25) is 4.79 Å². The molecule has 0 unspecified atom stereocenters. The maximum Gasteiger partial charge on any atom is 0.275 e. The summed E-state index contributed by atoms with van der Waals surface area (Å²) in [6.07, 6.45) is 7.52. The summed E-state index contributed by atoms with van der Waals surface area (Å²) in [7, 11) is 0. The third kappa shape index (κ3) is 3.66. The second-order valence-corrected chi connectivity index (χ2v) is 5.53. The van der Waals surface area contributed by atoms with Crippen LogP contribution in [0.2, 0.25) is 0 Å². The summed E-state index contributed by atoms with van der Waals surface area (Å²) in [5, 5.41) is 3.22. The largest absolute Gasteiger partial charge is 0.465 e. The number of furan rings is 1. The maximum atomic E-state index is 11.9. The Morgan fingerprint density at radius 2 is 2.09 bits per heavy atom. The second kappa shape index (κ2) is 6.48. The predicted molar refractivity (Wildman–Crippen MR) is 92.4 cm³/mol. The van der Waals surface area contributed by atoms with E-state index >= 15 is 0 Å². The van der Waals surface area contributed by atoms with E-state index < -0.39 is 0 Å². The number of nitrogens with one attached hydrogen (secondary N) is 1. The average molecular weight is 306 g/mol. The van der Waals surface area contributed by atoms with Gasteiger partial charge in [-0.15, -0.1) is 0 Å². The summed E-state index contributed by atoms with van der Waals surface area (Å²) in [6.45, 7) is 4.13. The lowest BCUT2D eigenvalue weighted by molar-refractivity contribution is -0.114. The van der Waals surface area contributed by atoms with Crippen LogP contribution < -0.4 is 5.32 Å². The highest BCUT2D eigenvalue weighted by Gasteiger charge is 2.19. The number of rotatable bonds is 3. The zero-order chi connectivity index (χ0) is 16.2. The summed E-state index contributed by atoms with van der Waals surface area (Å²) in [5.74, 6) is 1.23. The maximum absolute atomic E-state index is 11.9. The van der Waals surface area contributed by atoms with Gasteiger partial charge in [-0.25, -0.2) is 0 Å². The Bertz CT molecular complexity index is 812. The van der Waals surface area contributed by atoms with Crippen LogP contribution in [0, 0.1) is 13.8 Å². The fourth-order valence-corrected chi connectivity index (χ4v) is 2.32. The smallest absolute Gasteiger partial charge is 0.275 e. The molecule has 4 heteroatoms. The minimum Gasteiger partial charge on any atom is -0.465 e. The number of nitrogens with zero attached hydrogens (tertiary/aromatic N) is 1. The van der Waals surface area contributed by atoms with Crippen LogP contribution in [0.15, 0.2) is 63.7 Å². The van der Waals surface area contributed by atoms with E-state index in [0.717, 1.165) is 11.4 Å². The van der Waals surface area contributed by atoms with E-state index in [0.29, 0.717) is 17.8 Å². The van der Waals surface area contributed by atoms with E-state index in [9.17, 15) is 4.79 Å². The number of carbonyl (C=O) groups is 1. The molecule has 1 aromatic heterocycles. The molecule has 0 bridgehead atoms. The normalized spacial score (nSPS) is 16.3. The summed E-state index contributed by atoms with van der Waals surface area (Å²) >= 11 is 0. The fourth-order valence-electron chi connectivity index (χ4n) is 2.32. The van der Waals surface area contributed by atoms with E-state index in [1.807, 2.05) is 24.3 Å². The van der Waals surface area contributed by atoms with Crippen molar-refractivity contribution in [3.63, 3.8) is 0 Å². The molecule has 1 aliphatic heterocycles. The number of amides is 1. The van der Waals surface area contributed by atoms with Crippen molar-refractivity contribution in [3.05, 3.63) is 71.2 Å². The van der Waals surface area contributed by atoms with Crippen LogP contribution in [-0.4, -0.2) is 11.7 Å². The van der Waals surface area contributed by atoms with Gasteiger partial charge in [-0.1, -0.05) is 18.2 Å². The molecule has 23 heavy (non-hydrogen) atoms. The number of hydrogen-bond donors (Lipinski definition) is 1. The van der Waals surface area contributed by atoms with E-state index in [-0.39, 0.29) is 5.91 Å². The molecule has 0 saturated carbocycles. The summed E-state index contributed by atoms with van der Waals surface area (Å²) in [6, 6.07) is 9.78. The highest BCUT2D eigenvalue weighted by atomic mass is 16.3. The van der Waals surface area contributed by atoms with Crippen LogP contribution in [0.1, 0.15) is 23.3 Å². The van der Waals surface area contributed by atoms with Crippen molar-refractivity contribution in [3.8, 4) is 0 Å². The predicted octanol–water partition coefficient (Wildman–Crippen LogP) is 4.28. The van der Waals surface area contributed by atoms with Gasteiger partial charge in [-0.2, -0.15) is 4.99 Å². The summed E-state index contributed by atoms with van der Waals surface area (Å²) in [5.41, 5.74) is 4.06. The molecule has 0 radical (unpaired) electrons. The lowest BCUT2D eigenvalue weighted by Crippen LogP contribution is -2.08. The van der Waals surface area contributed by atoms with Crippen molar-refractivity contribution in [2.45, 2.75) is 20.3 Å². The molecule has 1 N–H and O–H groups in total. The van der Waals surface area contributed by atoms with Gasteiger partial charge in [0, 0.05) is 17.7 Å². The number of aryl methyl sites for hydroxylation is 2. The molecule has 2 aromatic rings. The number of hydrogen-bond acceptors (Lipinski definition) is 3. The van der Waals surface area contributed by atoms with Crippen molar-refractivity contribution in [2.75, 3.05) is 5.32 Å². The molecule has 1 aromatic carbocycles. The molecule has 3 rings (SSSR count). The molecule has 0 aliphatic carbocycles. The molecule has 0 saturated heterocycles. The first-order valence-electron chi connectivity index (χ1n) is 7.49. The Balaban J connectivity index is 1.66. The minimum atomic E-state index is -0.194. The number of carbonyl (C=O) groups excluding carboxylic acids is 1. The van der Waals surface area contributed by atoms with Gasteiger partial charge < -0.3 is 9.73 Å². The van der Waals surface area contributed by atoms with E-state index in [4.69, 9.17) is 4.42 Å². The molecule has 4 nitrogen and oxygen atoms in total. The lowest BCUT2D eigenvalue weighted by atomic mass is 10.1. The van der Waals surface area contributed by atoms with Crippen LogP contribution in [-0.2, 0) is 4.79 Å². The van der Waals surface area contributed by atoms with Crippen LogP contribution in [0.5, 0.6) is 0 Å². The van der Waals surface area contributed by atoms with Crippen LogP contribution in [0.3, 0.4) is 0 Å². The van der Waals surface area contributed by atoms with Crippen molar-refractivity contribution < 1.29 is 9.21 Å². The molecule has 2 heterocycles. The van der Waals surface area contributed by atoms with E-state index in [1.54, 1.807) is 18.4 Å². The number of amidine groups is 1. The Morgan fingerprint density at radius 3 is 2.83 bits per heavy atom. The molecule has 1 aliphatic rings. The summed E-state index contributed by atoms with van der Waals surface area (Å²) in [4.78, 5) is 16.0. The number of aliphatic imine (C=N–C) groups is 1. The number of allylic oxidation sites excluding steroid dienone is 2. The van der Waals surface area contributed by atoms with Gasteiger partial charge in [0.2, 0.25) is 0 Å². The van der Waals surface area contributed by atoms with Gasteiger partial charge in [0.1, 0.15) is 11.6 Å². The first-order chi connectivity index (χ1) is 11.1. The zero-order valence-corrected chi connectivity index (χ0v) is 13.2. The molecule has 0 atom stereocenters. The van der Waals surface area contributed by atoms with Gasteiger partial charge in [0.25, 0.3) is 5.91 Å². The van der Waals surface area contributed by atoms with Gasteiger partial charge in [0.05, 0.1) is 6.26 Å². The van der Waals surface area contributed by atoms with Crippen molar-refractivity contribution >= 4 is 23.5 Å². The first kappa shape index (κ1) is 15.0. The zero-order valence-electron chi connectivity index (χ0n) is 13.2. The molecule has 116 valence electrons. The van der Waals surface area contributed by atoms with Gasteiger partial charge in [-0.05, 0) is 55.3 Å². The standard InChI is InChI=1S/C19H18N2O2/c1-13-8-9-16(11-14(13)2)20-18-12-15(19(22)21-18)5-3-6-17-7-4-10-23-17/h3-11H,12H2,1-2H3,(H,20,21,22)/b6-3+,15-5+. The molecular weight excluding hydrogens is 288 g/mol. The van der Waals surface area contributed by atoms with Crippen molar-refractivity contribution in [1.29, 1.82) is 0 Å². The molecule has 1 amide bonds. The van der Waals surface area contributed by atoms with Crippen molar-refractivity contribution in [2.24, 2.45) is 4.99 Å². The van der Waals surface area contributed by atoms with E-state index in [1.165, 1.54) is 11.1 Å². The SMILES string of the molecule is Cc1ccc(NC2=NC(=O)/C(=C/C=C/c3ccco3)C2)cc1C. The van der Waals surface area contributed by atoms with Crippen LogP contribution in [0.25, 0.3) is 6.08 Å². The highest BCUT2D eigenvalue weighted by molar-refractivity contribution is 6.16. The lowest BCUT2D eigenvalue weighted by Gasteiger charge is -2.07.